The smallest absolute Gasteiger partial charge is 0.329 e. The molecular formula is C8H8F2N2O4. The van der Waals surface area contributed by atoms with Crippen LogP contribution >= 0.6 is 0 Å². The van der Waals surface area contributed by atoms with Gasteiger partial charge >= 0.3 is 5.69 Å². The van der Waals surface area contributed by atoms with E-state index in [-0.39, 0.29) is 0 Å². The molecule has 0 unspecified atom stereocenters. The number of hydrogen-bond donors (Lipinski definition) is 0. The summed E-state index contributed by atoms with van der Waals surface area (Å²) in [4.78, 5) is 13.1. The van der Waals surface area contributed by atoms with Crippen LogP contribution in [0.25, 0.3) is 0 Å². The first-order chi connectivity index (χ1) is 7.52. The first-order valence-electron chi connectivity index (χ1n) is 4.06. The predicted molar refractivity (Wildman–Crippen MR) is 49.0 cm³/mol. The normalized spacial score (nSPS) is 10.3. The van der Waals surface area contributed by atoms with Crippen molar-refractivity contribution in [3.05, 3.63) is 21.9 Å². The molecule has 1 rings (SSSR count). The van der Waals surface area contributed by atoms with Gasteiger partial charge in [-0.05, 0) is 0 Å². The van der Waals surface area contributed by atoms with Crippen LogP contribution in [0.1, 0.15) is 12.0 Å². The minimum atomic E-state index is -2.97. The number of hydrogen-bond acceptors (Lipinski definition) is 5. The van der Waals surface area contributed by atoms with Crippen LogP contribution < -0.4 is 9.47 Å². The van der Waals surface area contributed by atoms with Crippen LogP contribution in [0, 0.1) is 10.1 Å². The highest BCUT2D eigenvalue weighted by Crippen LogP contribution is 2.40. The van der Waals surface area contributed by atoms with Gasteiger partial charge in [0.25, 0.3) is 6.43 Å². The van der Waals surface area contributed by atoms with Crippen molar-refractivity contribution in [2.45, 2.75) is 6.43 Å². The Morgan fingerprint density at radius 2 is 2.06 bits per heavy atom. The van der Waals surface area contributed by atoms with Crippen molar-refractivity contribution >= 4 is 5.69 Å². The second kappa shape index (κ2) is 4.69. The second-order valence-corrected chi connectivity index (χ2v) is 2.66. The summed E-state index contributed by atoms with van der Waals surface area (Å²) < 4.78 is 34.6. The minimum Gasteiger partial charge on any atom is -0.490 e. The van der Waals surface area contributed by atoms with Crippen LogP contribution in [-0.2, 0) is 0 Å². The van der Waals surface area contributed by atoms with Gasteiger partial charge in [-0.2, -0.15) is 0 Å². The summed E-state index contributed by atoms with van der Waals surface area (Å²) in [6.45, 7) is 0. The van der Waals surface area contributed by atoms with Gasteiger partial charge in [0.1, 0.15) is 11.8 Å². The van der Waals surface area contributed by atoms with Gasteiger partial charge in [0, 0.05) is 0 Å². The van der Waals surface area contributed by atoms with Crippen LogP contribution in [0.15, 0.2) is 6.20 Å². The molecule has 0 aliphatic heterocycles. The fraction of sp³-hybridized carbons (Fsp3) is 0.375. The quantitative estimate of drug-likeness (QED) is 0.587. The SMILES string of the molecule is COc1ncc([N+](=O)[O-])c(OC)c1C(F)F. The van der Waals surface area contributed by atoms with Crippen molar-refractivity contribution in [2.24, 2.45) is 0 Å². The number of pyridine rings is 1. The van der Waals surface area contributed by atoms with Gasteiger partial charge in [0.2, 0.25) is 11.6 Å². The Bertz CT molecular complexity index is 411. The number of ether oxygens (including phenoxy) is 2. The van der Waals surface area contributed by atoms with E-state index in [9.17, 15) is 18.9 Å². The Labute approximate surface area is 89.0 Å². The lowest BCUT2D eigenvalue weighted by atomic mass is 10.2. The van der Waals surface area contributed by atoms with Crippen LogP contribution in [0.3, 0.4) is 0 Å². The van der Waals surface area contributed by atoms with E-state index >= 15 is 0 Å². The molecular weight excluding hydrogens is 226 g/mol. The summed E-state index contributed by atoms with van der Waals surface area (Å²) in [5.41, 5.74) is -1.35. The average Bonchev–Trinajstić information content (AvgIpc) is 2.26. The summed E-state index contributed by atoms with van der Waals surface area (Å²) in [7, 11) is 2.20. The third-order valence-electron chi connectivity index (χ3n) is 1.82. The maximum absolute atomic E-state index is 12.7. The largest absolute Gasteiger partial charge is 0.490 e. The van der Waals surface area contributed by atoms with E-state index in [1.807, 2.05) is 0 Å². The highest BCUT2D eigenvalue weighted by atomic mass is 19.3. The number of nitrogens with zero attached hydrogens (tertiary/aromatic N) is 2. The highest BCUT2D eigenvalue weighted by Gasteiger charge is 2.29. The topological polar surface area (TPSA) is 74.5 Å². The van der Waals surface area contributed by atoms with E-state index in [1.54, 1.807) is 0 Å². The van der Waals surface area contributed by atoms with Crippen LogP contribution in [0.2, 0.25) is 0 Å². The van der Waals surface area contributed by atoms with Gasteiger partial charge in [-0.25, -0.2) is 13.8 Å². The van der Waals surface area contributed by atoms with Gasteiger partial charge in [-0.15, -0.1) is 0 Å². The van der Waals surface area contributed by atoms with Crippen molar-refractivity contribution in [3.63, 3.8) is 0 Å². The van der Waals surface area contributed by atoms with Crippen molar-refractivity contribution < 1.29 is 23.2 Å². The summed E-state index contributed by atoms with van der Waals surface area (Å²) in [5, 5.41) is 10.6. The van der Waals surface area contributed by atoms with Gasteiger partial charge in [0.15, 0.2) is 0 Å². The highest BCUT2D eigenvalue weighted by molar-refractivity contribution is 5.54. The van der Waals surface area contributed by atoms with Crippen LogP contribution in [0.5, 0.6) is 11.6 Å². The van der Waals surface area contributed by atoms with Gasteiger partial charge in [-0.1, -0.05) is 0 Å². The number of nitro groups is 1. The molecule has 0 saturated carbocycles. The van der Waals surface area contributed by atoms with Gasteiger partial charge < -0.3 is 9.47 Å². The van der Waals surface area contributed by atoms with Crippen molar-refractivity contribution in [1.29, 1.82) is 0 Å². The molecule has 0 aliphatic carbocycles. The van der Waals surface area contributed by atoms with E-state index in [2.05, 4.69) is 14.5 Å². The van der Waals surface area contributed by atoms with E-state index in [0.717, 1.165) is 20.4 Å². The van der Waals surface area contributed by atoms with Crippen LogP contribution in [0.4, 0.5) is 14.5 Å². The molecule has 1 heterocycles. The Morgan fingerprint density at radius 1 is 1.44 bits per heavy atom. The minimum absolute atomic E-state index is 0.391. The molecule has 0 radical (unpaired) electrons. The Hall–Kier alpha value is -1.99. The number of aromatic nitrogens is 1. The first kappa shape index (κ1) is 12.1. The first-order valence-corrected chi connectivity index (χ1v) is 4.06. The summed E-state index contributed by atoms with van der Waals surface area (Å²) in [5.74, 6) is -0.927. The standard InChI is InChI=1S/C8H8F2N2O4/c1-15-6-4(12(13)14)3-11-8(16-2)5(6)7(9)10/h3,7H,1-2H3. The average molecular weight is 234 g/mol. The lowest BCUT2D eigenvalue weighted by molar-refractivity contribution is -0.386. The Balaban J connectivity index is 3.49. The molecule has 8 heteroatoms. The summed E-state index contributed by atoms with van der Waals surface area (Å²) in [6.07, 6.45) is -2.17. The fourth-order valence-electron chi connectivity index (χ4n) is 1.18. The van der Waals surface area contributed by atoms with Crippen molar-refractivity contribution in [1.82, 2.24) is 4.98 Å². The predicted octanol–water partition coefficient (Wildman–Crippen LogP) is 1.94. The molecule has 0 aromatic carbocycles. The molecule has 0 atom stereocenters. The molecule has 88 valence electrons. The summed E-state index contributed by atoms with van der Waals surface area (Å²) in [6, 6.07) is 0. The van der Waals surface area contributed by atoms with E-state index in [0.29, 0.717) is 0 Å². The molecule has 0 amide bonds. The molecule has 16 heavy (non-hydrogen) atoms. The lowest BCUT2D eigenvalue weighted by Gasteiger charge is -2.10. The van der Waals surface area contributed by atoms with Crippen molar-refractivity contribution in [3.8, 4) is 11.6 Å². The zero-order valence-corrected chi connectivity index (χ0v) is 8.44. The number of methoxy groups -OCH3 is 2. The monoisotopic (exact) mass is 234 g/mol. The Kier molecular flexibility index (Phi) is 3.54. The molecule has 0 aliphatic rings. The molecule has 0 spiro atoms. The second-order valence-electron chi connectivity index (χ2n) is 2.66. The number of halogens is 2. The maximum atomic E-state index is 12.7. The van der Waals surface area contributed by atoms with Gasteiger partial charge in [0.05, 0.1) is 19.1 Å². The van der Waals surface area contributed by atoms with E-state index in [4.69, 9.17) is 0 Å². The maximum Gasteiger partial charge on any atom is 0.329 e. The number of rotatable bonds is 4. The molecule has 0 saturated heterocycles. The van der Waals surface area contributed by atoms with Crippen LogP contribution in [-0.4, -0.2) is 24.1 Å². The van der Waals surface area contributed by atoms with Crippen molar-refractivity contribution in [2.75, 3.05) is 14.2 Å². The number of alkyl halides is 2. The molecule has 6 nitrogen and oxygen atoms in total. The van der Waals surface area contributed by atoms with E-state index in [1.165, 1.54) is 0 Å². The molecule has 0 fully saturated rings. The molecule has 1 aromatic rings. The fourth-order valence-corrected chi connectivity index (χ4v) is 1.18. The Morgan fingerprint density at radius 3 is 2.44 bits per heavy atom. The molecule has 1 aromatic heterocycles. The summed E-state index contributed by atoms with van der Waals surface area (Å²) >= 11 is 0. The zero-order valence-electron chi connectivity index (χ0n) is 8.44. The van der Waals surface area contributed by atoms with E-state index < -0.39 is 34.2 Å². The molecule has 0 bridgehead atoms. The zero-order chi connectivity index (χ0) is 12.3. The third-order valence-corrected chi connectivity index (χ3v) is 1.82. The lowest BCUT2D eigenvalue weighted by Crippen LogP contribution is -2.03. The third kappa shape index (κ3) is 2.00. The van der Waals surface area contributed by atoms with Gasteiger partial charge in [-0.3, -0.25) is 10.1 Å². The molecule has 0 N–H and O–H groups in total.